The summed E-state index contributed by atoms with van der Waals surface area (Å²) in [5.74, 6) is 2.66. The summed E-state index contributed by atoms with van der Waals surface area (Å²) >= 11 is 0. The molecule has 1 fully saturated rings. The number of nitrogens with zero attached hydrogens (tertiary/aromatic N) is 1. The maximum absolute atomic E-state index is 5.64. The van der Waals surface area contributed by atoms with Crippen LogP contribution in [0.1, 0.15) is 43.8 Å². The zero-order valence-corrected chi connectivity index (χ0v) is 9.24. The molecule has 0 aliphatic heterocycles. The molecule has 2 rings (SSSR count). The number of rotatable bonds is 4. The van der Waals surface area contributed by atoms with Crippen molar-refractivity contribution in [1.29, 1.82) is 0 Å². The van der Waals surface area contributed by atoms with Gasteiger partial charge in [0.25, 0.3) is 0 Å². The second kappa shape index (κ2) is 5.31. The van der Waals surface area contributed by atoms with E-state index in [9.17, 15) is 0 Å². The average Bonchev–Trinajstić information content (AvgIpc) is 2.68. The Morgan fingerprint density at radius 1 is 1.33 bits per heavy atom. The van der Waals surface area contributed by atoms with Gasteiger partial charge >= 0.3 is 0 Å². The fourth-order valence-electron chi connectivity index (χ4n) is 2.36. The average molecular weight is 208 g/mol. The number of hydrogen-bond donors (Lipinski definition) is 1. The van der Waals surface area contributed by atoms with Gasteiger partial charge in [-0.1, -0.05) is 32.1 Å². The first-order valence-electron chi connectivity index (χ1n) is 6.02. The maximum atomic E-state index is 5.64. The number of aromatic nitrogens is 1. The second-order valence-electron chi connectivity index (χ2n) is 4.47. The Bertz CT molecular complexity index is 290. The Balaban J connectivity index is 1.86. The van der Waals surface area contributed by atoms with Gasteiger partial charge in [-0.15, -0.1) is 0 Å². The smallest absolute Gasteiger partial charge is 0.195 e. The molecule has 1 heterocycles. The lowest BCUT2D eigenvalue weighted by atomic mass is 9.86. The topological polar surface area (TPSA) is 52.0 Å². The Labute approximate surface area is 91.1 Å². The van der Waals surface area contributed by atoms with E-state index < -0.39 is 0 Å². The molecule has 0 aromatic carbocycles. The molecule has 0 saturated heterocycles. The molecule has 1 aromatic heterocycles. The van der Waals surface area contributed by atoms with E-state index in [0.717, 1.165) is 30.4 Å². The summed E-state index contributed by atoms with van der Waals surface area (Å²) in [4.78, 5) is 4.22. The van der Waals surface area contributed by atoms with E-state index in [1.54, 1.807) is 0 Å². The minimum absolute atomic E-state index is 0.614. The molecule has 3 nitrogen and oxygen atoms in total. The molecular formula is C12H20N2O. The highest BCUT2D eigenvalue weighted by Crippen LogP contribution is 2.26. The van der Waals surface area contributed by atoms with Crippen LogP contribution >= 0.6 is 0 Å². The van der Waals surface area contributed by atoms with Crippen LogP contribution in [0.3, 0.4) is 0 Å². The Morgan fingerprint density at radius 3 is 2.87 bits per heavy atom. The van der Waals surface area contributed by atoms with Crippen molar-refractivity contribution in [2.45, 2.75) is 44.9 Å². The van der Waals surface area contributed by atoms with Crippen molar-refractivity contribution in [3.8, 4) is 0 Å². The summed E-state index contributed by atoms with van der Waals surface area (Å²) < 4.78 is 5.64. The molecule has 1 saturated carbocycles. The third kappa shape index (κ3) is 3.06. The Kier molecular flexibility index (Phi) is 3.78. The molecule has 15 heavy (non-hydrogen) atoms. The first-order chi connectivity index (χ1) is 7.38. The molecule has 1 aliphatic carbocycles. The van der Waals surface area contributed by atoms with Gasteiger partial charge in [-0.2, -0.15) is 0 Å². The Hall–Kier alpha value is -0.830. The monoisotopic (exact) mass is 208 g/mol. The predicted molar refractivity (Wildman–Crippen MR) is 59.5 cm³/mol. The number of oxazole rings is 1. The number of hydrogen-bond acceptors (Lipinski definition) is 3. The van der Waals surface area contributed by atoms with E-state index in [1.165, 1.54) is 32.1 Å². The minimum Gasteiger partial charge on any atom is -0.446 e. The maximum Gasteiger partial charge on any atom is 0.195 e. The van der Waals surface area contributed by atoms with Crippen molar-refractivity contribution >= 4 is 0 Å². The molecule has 84 valence electrons. The van der Waals surface area contributed by atoms with Crippen LogP contribution < -0.4 is 5.73 Å². The summed E-state index contributed by atoms with van der Waals surface area (Å²) in [7, 11) is 0. The normalized spacial score (nSPS) is 18.2. The lowest BCUT2D eigenvalue weighted by molar-refractivity contribution is 0.329. The van der Waals surface area contributed by atoms with Crippen molar-refractivity contribution in [2.75, 3.05) is 6.54 Å². The van der Waals surface area contributed by atoms with E-state index in [2.05, 4.69) is 4.98 Å². The van der Waals surface area contributed by atoms with Crippen LogP contribution in [-0.4, -0.2) is 11.5 Å². The largest absolute Gasteiger partial charge is 0.446 e. The highest BCUT2D eigenvalue weighted by molar-refractivity contribution is 4.96. The zero-order valence-electron chi connectivity index (χ0n) is 9.24. The van der Waals surface area contributed by atoms with E-state index in [1.807, 2.05) is 6.20 Å². The van der Waals surface area contributed by atoms with Gasteiger partial charge < -0.3 is 10.2 Å². The van der Waals surface area contributed by atoms with Crippen LogP contribution in [0.25, 0.3) is 0 Å². The zero-order chi connectivity index (χ0) is 10.5. The third-order valence-corrected chi connectivity index (χ3v) is 3.17. The van der Waals surface area contributed by atoms with Crippen LogP contribution in [-0.2, 0) is 12.8 Å². The molecule has 0 radical (unpaired) electrons. The molecular weight excluding hydrogens is 188 g/mol. The van der Waals surface area contributed by atoms with Gasteiger partial charge in [0.05, 0.1) is 6.20 Å². The van der Waals surface area contributed by atoms with Gasteiger partial charge in [0.15, 0.2) is 5.89 Å². The van der Waals surface area contributed by atoms with E-state index in [0.29, 0.717) is 6.54 Å². The number of nitrogens with two attached hydrogens (primary N) is 1. The van der Waals surface area contributed by atoms with Crippen molar-refractivity contribution in [1.82, 2.24) is 4.98 Å². The molecule has 0 bridgehead atoms. The van der Waals surface area contributed by atoms with Crippen LogP contribution in [0.4, 0.5) is 0 Å². The third-order valence-electron chi connectivity index (χ3n) is 3.17. The van der Waals surface area contributed by atoms with E-state index in [4.69, 9.17) is 10.2 Å². The minimum atomic E-state index is 0.614. The molecule has 0 spiro atoms. The van der Waals surface area contributed by atoms with Crippen molar-refractivity contribution in [2.24, 2.45) is 11.7 Å². The SMILES string of the molecule is NCCc1ncc(CC2CCCCC2)o1. The molecule has 1 aliphatic rings. The van der Waals surface area contributed by atoms with E-state index >= 15 is 0 Å². The van der Waals surface area contributed by atoms with Crippen molar-refractivity contribution < 1.29 is 4.42 Å². The molecule has 0 unspecified atom stereocenters. The predicted octanol–water partition coefficient (Wildman–Crippen LogP) is 2.30. The quantitative estimate of drug-likeness (QED) is 0.826. The summed E-state index contributed by atoms with van der Waals surface area (Å²) in [5.41, 5.74) is 5.45. The van der Waals surface area contributed by atoms with Crippen LogP contribution in [0, 0.1) is 5.92 Å². The standard InChI is InChI=1S/C12H20N2O/c13-7-6-12-14-9-11(15-12)8-10-4-2-1-3-5-10/h9-10H,1-8,13H2. The van der Waals surface area contributed by atoms with Gasteiger partial charge in [-0.05, 0) is 5.92 Å². The lowest BCUT2D eigenvalue weighted by Crippen LogP contribution is -2.08. The first-order valence-corrected chi connectivity index (χ1v) is 6.02. The van der Waals surface area contributed by atoms with Gasteiger partial charge in [0.1, 0.15) is 5.76 Å². The van der Waals surface area contributed by atoms with Crippen LogP contribution in [0.15, 0.2) is 10.6 Å². The fourth-order valence-corrected chi connectivity index (χ4v) is 2.36. The van der Waals surface area contributed by atoms with E-state index in [-0.39, 0.29) is 0 Å². The molecule has 3 heteroatoms. The summed E-state index contributed by atoms with van der Waals surface area (Å²) in [6, 6.07) is 0. The molecule has 0 atom stereocenters. The lowest BCUT2D eigenvalue weighted by Gasteiger charge is -2.19. The molecule has 1 aromatic rings. The Morgan fingerprint density at radius 2 is 2.13 bits per heavy atom. The van der Waals surface area contributed by atoms with Gasteiger partial charge in [-0.3, -0.25) is 0 Å². The summed E-state index contributed by atoms with van der Waals surface area (Å²) in [6.45, 7) is 0.614. The van der Waals surface area contributed by atoms with Crippen molar-refractivity contribution in [3.63, 3.8) is 0 Å². The highest BCUT2D eigenvalue weighted by atomic mass is 16.4. The van der Waals surface area contributed by atoms with Gasteiger partial charge in [-0.25, -0.2) is 4.98 Å². The highest BCUT2D eigenvalue weighted by Gasteiger charge is 2.15. The van der Waals surface area contributed by atoms with Crippen LogP contribution in [0.5, 0.6) is 0 Å². The van der Waals surface area contributed by atoms with Crippen molar-refractivity contribution in [3.05, 3.63) is 17.8 Å². The van der Waals surface area contributed by atoms with Gasteiger partial charge in [0, 0.05) is 19.4 Å². The molecule has 0 amide bonds. The fraction of sp³-hybridized carbons (Fsp3) is 0.750. The van der Waals surface area contributed by atoms with Gasteiger partial charge in [0.2, 0.25) is 0 Å². The van der Waals surface area contributed by atoms with Crippen LogP contribution in [0.2, 0.25) is 0 Å². The second-order valence-corrected chi connectivity index (χ2v) is 4.47. The molecule has 2 N–H and O–H groups in total. The summed E-state index contributed by atoms with van der Waals surface area (Å²) in [6.07, 6.45) is 10.6. The summed E-state index contributed by atoms with van der Waals surface area (Å²) in [5, 5.41) is 0. The first kappa shape index (κ1) is 10.7.